The molecule has 8 heteroatoms. The molecule has 0 unspecified atom stereocenters. The summed E-state index contributed by atoms with van der Waals surface area (Å²) in [5.41, 5.74) is 0.960. The molecule has 6 nitrogen and oxygen atoms in total. The van der Waals surface area contributed by atoms with Gasteiger partial charge in [0.15, 0.2) is 5.78 Å². The van der Waals surface area contributed by atoms with Crippen LogP contribution in [-0.4, -0.2) is 26.2 Å². The summed E-state index contributed by atoms with van der Waals surface area (Å²) in [5.74, 6) is -0.476. The fourth-order valence-electron chi connectivity index (χ4n) is 2.33. The van der Waals surface area contributed by atoms with Gasteiger partial charge >= 0.3 is 0 Å². The van der Waals surface area contributed by atoms with Gasteiger partial charge in [-0.05, 0) is 62.4 Å². The van der Waals surface area contributed by atoms with Crippen LogP contribution in [-0.2, 0) is 14.8 Å². The third-order valence-electron chi connectivity index (χ3n) is 3.58. The van der Waals surface area contributed by atoms with Crippen LogP contribution >= 0.6 is 11.6 Å². The van der Waals surface area contributed by atoms with Crippen LogP contribution in [0.25, 0.3) is 0 Å². The van der Waals surface area contributed by atoms with Crippen molar-refractivity contribution in [2.45, 2.75) is 37.6 Å². The molecule has 2 aromatic carbocycles. The zero-order chi connectivity index (χ0) is 20.0. The second-order valence-electron chi connectivity index (χ2n) is 6.28. The maximum atomic E-state index is 12.1. The highest BCUT2D eigenvalue weighted by Crippen LogP contribution is 2.16. The number of carbonyl (C=O) groups excluding carboxylic acids is 2. The molecular weight excluding hydrogens is 388 g/mol. The number of amides is 1. The normalized spacial score (nSPS) is 11.4. The van der Waals surface area contributed by atoms with E-state index in [0.29, 0.717) is 16.3 Å². The minimum absolute atomic E-state index is 0.0242. The Bertz CT molecular complexity index is 908. The molecule has 0 saturated carbocycles. The second-order valence-corrected chi connectivity index (χ2v) is 8.43. The number of sulfonamides is 1. The zero-order valence-corrected chi connectivity index (χ0v) is 16.6. The van der Waals surface area contributed by atoms with Gasteiger partial charge in [0.05, 0.1) is 4.90 Å². The Balaban J connectivity index is 1.90. The van der Waals surface area contributed by atoms with Gasteiger partial charge in [-0.25, -0.2) is 13.1 Å². The van der Waals surface area contributed by atoms with Crippen LogP contribution in [0, 0.1) is 0 Å². The summed E-state index contributed by atoms with van der Waals surface area (Å²) in [7, 11) is -3.58. The van der Waals surface area contributed by atoms with Crippen molar-refractivity contribution < 1.29 is 18.0 Å². The predicted octanol–water partition coefficient (Wildman–Crippen LogP) is 3.63. The number of anilines is 1. The molecule has 0 radical (unpaired) electrons. The Kier molecular flexibility index (Phi) is 7.12. The van der Waals surface area contributed by atoms with Crippen LogP contribution in [0.1, 0.15) is 37.0 Å². The van der Waals surface area contributed by atoms with Crippen molar-refractivity contribution >= 4 is 39.0 Å². The molecule has 0 atom stereocenters. The van der Waals surface area contributed by atoms with Crippen molar-refractivity contribution in [3.63, 3.8) is 0 Å². The molecule has 0 aromatic heterocycles. The van der Waals surface area contributed by atoms with Gasteiger partial charge in [0.2, 0.25) is 15.9 Å². The van der Waals surface area contributed by atoms with Gasteiger partial charge in [0.1, 0.15) is 0 Å². The molecule has 2 rings (SSSR count). The van der Waals surface area contributed by atoms with Crippen LogP contribution in [0.4, 0.5) is 5.69 Å². The zero-order valence-electron chi connectivity index (χ0n) is 15.0. The van der Waals surface area contributed by atoms with Gasteiger partial charge in [0, 0.05) is 35.2 Å². The quantitative estimate of drug-likeness (QED) is 0.652. The largest absolute Gasteiger partial charge is 0.326 e. The number of ketones is 1. The Morgan fingerprint density at radius 2 is 1.56 bits per heavy atom. The highest BCUT2D eigenvalue weighted by molar-refractivity contribution is 7.89. The van der Waals surface area contributed by atoms with Crippen molar-refractivity contribution in [2.75, 3.05) is 5.32 Å². The first kappa shape index (κ1) is 21.1. The number of halogens is 1. The average Bonchev–Trinajstić information content (AvgIpc) is 2.59. The lowest BCUT2D eigenvalue weighted by molar-refractivity contribution is -0.116. The van der Waals surface area contributed by atoms with Gasteiger partial charge in [-0.15, -0.1) is 0 Å². The van der Waals surface area contributed by atoms with Gasteiger partial charge in [-0.3, -0.25) is 9.59 Å². The van der Waals surface area contributed by atoms with E-state index in [9.17, 15) is 18.0 Å². The fourth-order valence-corrected chi connectivity index (χ4v) is 3.70. The fraction of sp³-hybridized carbons (Fsp3) is 0.263. The lowest BCUT2D eigenvalue weighted by atomic mass is 10.1. The first-order valence-corrected chi connectivity index (χ1v) is 10.2. The molecule has 1 amide bonds. The van der Waals surface area contributed by atoms with Crippen molar-refractivity contribution in [1.29, 1.82) is 0 Å². The number of benzene rings is 2. The van der Waals surface area contributed by atoms with Crippen LogP contribution in [0.5, 0.6) is 0 Å². The van der Waals surface area contributed by atoms with E-state index >= 15 is 0 Å². The maximum Gasteiger partial charge on any atom is 0.240 e. The molecule has 0 aliphatic carbocycles. The Morgan fingerprint density at radius 1 is 0.963 bits per heavy atom. The smallest absolute Gasteiger partial charge is 0.240 e. The van der Waals surface area contributed by atoms with E-state index in [-0.39, 0.29) is 35.5 Å². The Morgan fingerprint density at radius 3 is 2.11 bits per heavy atom. The van der Waals surface area contributed by atoms with Gasteiger partial charge in [0.25, 0.3) is 0 Å². The SMILES string of the molecule is CC(C)NS(=O)(=O)c1ccc(NC(=O)CCC(=O)c2ccc(Cl)cc2)cc1. The Labute approximate surface area is 164 Å². The molecule has 27 heavy (non-hydrogen) atoms. The van der Waals surface area contributed by atoms with E-state index in [4.69, 9.17) is 11.6 Å². The predicted molar refractivity (Wildman–Crippen MR) is 106 cm³/mol. The summed E-state index contributed by atoms with van der Waals surface area (Å²) < 4.78 is 26.6. The van der Waals surface area contributed by atoms with Crippen LogP contribution < -0.4 is 10.0 Å². The van der Waals surface area contributed by atoms with Crippen LogP contribution in [0.15, 0.2) is 53.4 Å². The first-order chi connectivity index (χ1) is 12.7. The first-order valence-electron chi connectivity index (χ1n) is 8.38. The van der Waals surface area contributed by atoms with Crippen molar-refractivity contribution in [3.05, 3.63) is 59.1 Å². The van der Waals surface area contributed by atoms with Crippen molar-refractivity contribution in [2.24, 2.45) is 0 Å². The van der Waals surface area contributed by atoms with Crippen molar-refractivity contribution in [3.8, 4) is 0 Å². The molecule has 2 aromatic rings. The molecule has 0 saturated heterocycles. The van der Waals surface area contributed by atoms with Gasteiger partial charge in [-0.2, -0.15) is 0 Å². The monoisotopic (exact) mass is 408 g/mol. The van der Waals surface area contributed by atoms with Crippen LogP contribution in [0.3, 0.4) is 0 Å². The van der Waals surface area contributed by atoms with E-state index in [1.54, 1.807) is 38.1 Å². The lowest BCUT2D eigenvalue weighted by Gasteiger charge is -2.10. The van der Waals surface area contributed by atoms with E-state index < -0.39 is 10.0 Å². The van der Waals surface area contributed by atoms with E-state index in [2.05, 4.69) is 10.0 Å². The number of carbonyl (C=O) groups is 2. The Hall–Kier alpha value is -2.22. The number of nitrogens with one attached hydrogen (secondary N) is 2. The minimum Gasteiger partial charge on any atom is -0.326 e. The van der Waals surface area contributed by atoms with E-state index in [1.165, 1.54) is 24.3 Å². The number of rotatable bonds is 8. The maximum absolute atomic E-state index is 12.1. The molecule has 0 heterocycles. The second kappa shape index (κ2) is 9.12. The minimum atomic E-state index is -3.58. The van der Waals surface area contributed by atoms with E-state index in [1.807, 2.05) is 0 Å². The standard InChI is InChI=1S/C19H21ClN2O4S/c1-13(2)22-27(25,26)17-9-7-16(8-10-17)21-19(24)12-11-18(23)14-3-5-15(20)6-4-14/h3-10,13,22H,11-12H2,1-2H3,(H,21,24). The summed E-state index contributed by atoms with van der Waals surface area (Å²) in [4.78, 5) is 24.2. The summed E-state index contributed by atoms with van der Waals surface area (Å²) in [6.45, 7) is 3.47. The third-order valence-corrected chi connectivity index (χ3v) is 5.51. The molecule has 0 bridgehead atoms. The van der Waals surface area contributed by atoms with Gasteiger partial charge in [-0.1, -0.05) is 11.6 Å². The average molecular weight is 409 g/mol. The lowest BCUT2D eigenvalue weighted by Crippen LogP contribution is -2.30. The third kappa shape index (κ3) is 6.46. The van der Waals surface area contributed by atoms with E-state index in [0.717, 1.165) is 0 Å². The summed E-state index contributed by atoms with van der Waals surface area (Å²) >= 11 is 5.78. The molecule has 0 aliphatic rings. The van der Waals surface area contributed by atoms with Gasteiger partial charge < -0.3 is 5.32 Å². The highest BCUT2D eigenvalue weighted by Gasteiger charge is 2.15. The van der Waals surface area contributed by atoms with Crippen LogP contribution in [0.2, 0.25) is 5.02 Å². The molecule has 0 aliphatic heterocycles. The number of hydrogen-bond donors (Lipinski definition) is 2. The van der Waals surface area contributed by atoms with Crippen molar-refractivity contribution in [1.82, 2.24) is 4.72 Å². The highest BCUT2D eigenvalue weighted by atomic mass is 35.5. The summed E-state index contributed by atoms with van der Waals surface area (Å²) in [6.07, 6.45) is 0.0919. The summed E-state index contributed by atoms with van der Waals surface area (Å²) in [6, 6.07) is 12.1. The molecular formula is C19H21ClN2O4S. The summed E-state index contributed by atoms with van der Waals surface area (Å²) in [5, 5.41) is 3.19. The molecule has 144 valence electrons. The molecule has 0 fully saturated rings. The number of hydrogen-bond acceptors (Lipinski definition) is 4. The molecule has 0 spiro atoms. The topological polar surface area (TPSA) is 92.3 Å². The number of Topliss-reactive ketones (excluding diaryl/α,β-unsaturated/α-hetero) is 1. The molecule has 2 N–H and O–H groups in total.